The molecule has 5 nitrogen and oxygen atoms in total. The predicted octanol–water partition coefficient (Wildman–Crippen LogP) is 3.17. The lowest BCUT2D eigenvalue weighted by Crippen LogP contribution is -2.35. The second-order valence-corrected chi connectivity index (χ2v) is 8.79. The van der Waals surface area contributed by atoms with Crippen molar-refractivity contribution in [3.8, 4) is 0 Å². The minimum atomic E-state index is -3.47. The molecule has 0 spiro atoms. The molecular formula is C18H22N2O3S. The number of aromatic amines is 1. The fourth-order valence-corrected chi connectivity index (χ4v) is 5.71. The van der Waals surface area contributed by atoms with E-state index in [2.05, 4.69) is 4.98 Å². The highest BCUT2D eigenvalue weighted by Gasteiger charge is 2.29. The topological polar surface area (TPSA) is 70.2 Å². The Morgan fingerprint density at radius 3 is 2.54 bits per heavy atom. The molecule has 1 aromatic carbocycles. The monoisotopic (exact) mass is 346 g/mol. The third-order valence-corrected chi connectivity index (χ3v) is 7.25. The number of ketones is 1. The average molecular weight is 346 g/mol. The van der Waals surface area contributed by atoms with Crippen LogP contribution < -0.4 is 0 Å². The smallest absolute Gasteiger partial charge is 0.243 e. The summed E-state index contributed by atoms with van der Waals surface area (Å²) >= 11 is 0. The van der Waals surface area contributed by atoms with E-state index in [4.69, 9.17) is 0 Å². The molecule has 128 valence electrons. The van der Waals surface area contributed by atoms with E-state index in [1.165, 1.54) is 0 Å². The van der Waals surface area contributed by atoms with Crippen molar-refractivity contribution in [2.75, 3.05) is 13.1 Å². The third kappa shape index (κ3) is 2.40. The Hall–Kier alpha value is -1.66. The molecule has 0 amide bonds. The molecule has 1 saturated heterocycles. The van der Waals surface area contributed by atoms with E-state index in [1.807, 2.05) is 13.0 Å². The Labute approximate surface area is 142 Å². The standard InChI is InChI=1S/C18H22N2O3S/c1-12-10-13-15(19-14-6-5-7-16(21)18(13)14)11-17(12)24(22,23)20-8-3-2-4-9-20/h10-11,19H,2-9H2,1H3. The summed E-state index contributed by atoms with van der Waals surface area (Å²) in [5, 5.41) is 0.866. The van der Waals surface area contributed by atoms with Crippen LogP contribution in [0.25, 0.3) is 10.9 Å². The van der Waals surface area contributed by atoms with Crippen LogP contribution in [0.15, 0.2) is 17.0 Å². The second kappa shape index (κ2) is 5.70. The van der Waals surface area contributed by atoms with Crippen molar-refractivity contribution in [1.29, 1.82) is 0 Å². The van der Waals surface area contributed by atoms with Gasteiger partial charge in [-0.25, -0.2) is 8.42 Å². The van der Waals surface area contributed by atoms with Gasteiger partial charge in [0.25, 0.3) is 0 Å². The lowest BCUT2D eigenvalue weighted by Gasteiger charge is -2.26. The molecule has 24 heavy (non-hydrogen) atoms. The van der Waals surface area contributed by atoms with Gasteiger partial charge in [-0.3, -0.25) is 4.79 Å². The number of Topliss-reactive ketones (excluding diaryl/α,β-unsaturated/α-hetero) is 1. The van der Waals surface area contributed by atoms with Crippen LogP contribution in [0.1, 0.15) is 53.7 Å². The summed E-state index contributed by atoms with van der Waals surface area (Å²) < 4.78 is 27.6. The van der Waals surface area contributed by atoms with Crippen molar-refractivity contribution < 1.29 is 13.2 Å². The number of sulfonamides is 1. The fraction of sp³-hybridized carbons (Fsp3) is 0.500. The highest BCUT2D eigenvalue weighted by Crippen LogP contribution is 2.33. The van der Waals surface area contributed by atoms with Crippen molar-refractivity contribution >= 4 is 26.7 Å². The van der Waals surface area contributed by atoms with E-state index >= 15 is 0 Å². The third-order valence-electron chi connectivity index (χ3n) is 5.21. The van der Waals surface area contributed by atoms with Gasteiger partial charge in [0.1, 0.15) is 0 Å². The quantitative estimate of drug-likeness (QED) is 0.908. The van der Waals surface area contributed by atoms with E-state index in [1.54, 1.807) is 10.4 Å². The molecule has 1 aliphatic carbocycles. The molecule has 1 fully saturated rings. The number of piperidine rings is 1. The maximum atomic E-state index is 13.0. The first-order valence-corrected chi connectivity index (χ1v) is 10.1. The number of benzene rings is 1. The van der Waals surface area contributed by atoms with Gasteiger partial charge in [-0.2, -0.15) is 4.31 Å². The molecule has 2 heterocycles. The van der Waals surface area contributed by atoms with E-state index in [0.29, 0.717) is 30.0 Å². The fourth-order valence-electron chi connectivity index (χ4n) is 3.96. The maximum Gasteiger partial charge on any atom is 0.243 e. The van der Waals surface area contributed by atoms with Gasteiger partial charge in [-0.15, -0.1) is 0 Å². The lowest BCUT2D eigenvalue weighted by molar-refractivity contribution is 0.0974. The van der Waals surface area contributed by atoms with E-state index in [9.17, 15) is 13.2 Å². The molecule has 1 N–H and O–H groups in total. The summed E-state index contributed by atoms with van der Waals surface area (Å²) in [7, 11) is -3.47. The molecule has 0 unspecified atom stereocenters. The van der Waals surface area contributed by atoms with Gasteiger partial charge in [-0.05, 0) is 50.3 Å². The molecular weight excluding hydrogens is 324 g/mol. The van der Waals surface area contributed by atoms with Crippen LogP contribution in [0.4, 0.5) is 0 Å². The highest BCUT2D eigenvalue weighted by atomic mass is 32.2. The molecule has 2 aromatic rings. The molecule has 6 heteroatoms. The Morgan fingerprint density at radius 2 is 1.79 bits per heavy atom. The zero-order chi connectivity index (χ0) is 16.9. The number of hydrogen-bond acceptors (Lipinski definition) is 3. The molecule has 1 aliphatic heterocycles. The number of H-pyrrole nitrogens is 1. The van der Waals surface area contributed by atoms with Crippen LogP contribution >= 0.6 is 0 Å². The summed E-state index contributed by atoms with van der Waals surface area (Å²) in [6.07, 6.45) is 5.22. The first-order valence-electron chi connectivity index (χ1n) is 8.67. The van der Waals surface area contributed by atoms with Gasteiger partial charge < -0.3 is 4.98 Å². The van der Waals surface area contributed by atoms with Crippen LogP contribution in [0.2, 0.25) is 0 Å². The van der Waals surface area contributed by atoms with Gasteiger partial charge in [0.15, 0.2) is 5.78 Å². The Bertz CT molecular complexity index is 921. The van der Waals surface area contributed by atoms with Crippen LogP contribution in [0.3, 0.4) is 0 Å². The number of carbonyl (C=O) groups excluding carboxylic acids is 1. The minimum Gasteiger partial charge on any atom is -0.358 e. The van der Waals surface area contributed by atoms with Crippen molar-refractivity contribution in [3.05, 3.63) is 29.0 Å². The number of aryl methyl sites for hydroxylation is 2. The predicted molar refractivity (Wildman–Crippen MR) is 92.9 cm³/mol. The maximum absolute atomic E-state index is 13.0. The van der Waals surface area contributed by atoms with Gasteiger partial charge in [0.05, 0.1) is 4.90 Å². The zero-order valence-corrected chi connectivity index (χ0v) is 14.7. The van der Waals surface area contributed by atoms with E-state index in [-0.39, 0.29) is 5.78 Å². The number of fused-ring (bicyclic) bond motifs is 3. The van der Waals surface area contributed by atoms with Crippen molar-refractivity contribution in [3.63, 3.8) is 0 Å². The number of hydrogen-bond donors (Lipinski definition) is 1. The summed E-state index contributed by atoms with van der Waals surface area (Å²) in [5.41, 5.74) is 3.19. The lowest BCUT2D eigenvalue weighted by atomic mass is 9.94. The number of carbonyl (C=O) groups is 1. The molecule has 0 radical (unpaired) electrons. The normalized spacial score (nSPS) is 19.6. The van der Waals surface area contributed by atoms with Crippen LogP contribution in [0.5, 0.6) is 0 Å². The number of aromatic nitrogens is 1. The average Bonchev–Trinajstić information content (AvgIpc) is 2.93. The molecule has 0 atom stereocenters. The van der Waals surface area contributed by atoms with Gasteiger partial charge in [0.2, 0.25) is 10.0 Å². The largest absolute Gasteiger partial charge is 0.358 e. The summed E-state index contributed by atoms with van der Waals surface area (Å²) in [5.74, 6) is 0.161. The Balaban J connectivity index is 1.85. The molecule has 1 aromatic heterocycles. The molecule has 4 rings (SSSR count). The van der Waals surface area contributed by atoms with Gasteiger partial charge >= 0.3 is 0 Å². The van der Waals surface area contributed by atoms with Crippen molar-refractivity contribution in [1.82, 2.24) is 9.29 Å². The number of nitrogens with zero attached hydrogens (tertiary/aromatic N) is 1. The van der Waals surface area contributed by atoms with Crippen molar-refractivity contribution in [2.45, 2.75) is 50.3 Å². The summed E-state index contributed by atoms with van der Waals surface area (Å²) in [4.78, 5) is 15.9. The first-order chi connectivity index (χ1) is 11.5. The zero-order valence-electron chi connectivity index (χ0n) is 13.9. The number of rotatable bonds is 2. The van der Waals surface area contributed by atoms with Crippen LogP contribution in [-0.2, 0) is 16.4 Å². The first kappa shape index (κ1) is 15.8. The Kier molecular flexibility index (Phi) is 3.77. The highest BCUT2D eigenvalue weighted by molar-refractivity contribution is 7.89. The minimum absolute atomic E-state index is 0.161. The summed E-state index contributed by atoms with van der Waals surface area (Å²) in [6.45, 7) is 3.02. The number of nitrogens with one attached hydrogen (secondary N) is 1. The summed E-state index contributed by atoms with van der Waals surface area (Å²) in [6, 6.07) is 3.59. The van der Waals surface area contributed by atoms with E-state index < -0.39 is 10.0 Å². The van der Waals surface area contributed by atoms with E-state index in [0.717, 1.165) is 54.3 Å². The molecule has 2 aliphatic rings. The van der Waals surface area contributed by atoms with Crippen LogP contribution in [-0.4, -0.2) is 36.6 Å². The Morgan fingerprint density at radius 1 is 1.04 bits per heavy atom. The van der Waals surface area contributed by atoms with Crippen LogP contribution in [0, 0.1) is 6.92 Å². The molecule has 0 bridgehead atoms. The second-order valence-electron chi connectivity index (χ2n) is 6.88. The van der Waals surface area contributed by atoms with Gasteiger partial charge in [-0.1, -0.05) is 6.42 Å². The van der Waals surface area contributed by atoms with Crippen molar-refractivity contribution in [2.24, 2.45) is 0 Å². The van der Waals surface area contributed by atoms with Gasteiger partial charge in [0, 0.05) is 41.7 Å². The SMILES string of the molecule is Cc1cc2c3c([nH]c2cc1S(=O)(=O)N1CCCCC1)CCCC3=O. The molecule has 0 saturated carbocycles.